The first kappa shape index (κ1) is 10.9. The van der Waals surface area contributed by atoms with Crippen molar-refractivity contribution in [2.75, 3.05) is 6.54 Å². The van der Waals surface area contributed by atoms with Gasteiger partial charge in [0.05, 0.1) is 6.33 Å². The normalized spacial score (nSPS) is 10.8. The van der Waals surface area contributed by atoms with Crippen LogP contribution in [0.1, 0.15) is 12.1 Å². The van der Waals surface area contributed by atoms with Gasteiger partial charge in [-0.3, -0.25) is 4.68 Å². The fraction of sp³-hybridized carbons (Fsp3) is 0.455. The molecule has 0 aliphatic rings. The van der Waals surface area contributed by atoms with Crippen molar-refractivity contribution in [2.24, 2.45) is 5.73 Å². The van der Waals surface area contributed by atoms with Crippen LogP contribution >= 0.6 is 0 Å². The largest absolute Gasteiger partial charge is 0.334 e. The molecule has 2 aromatic rings. The molecule has 0 bridgehead atoms. The molecular weight excluding hydrogens is 202 g/mol. The molecule has 0 aliphatic carbocycles. The zero-order valence-electron chi connectivity index (χ0n) is 9.29. The molecule has 2 N–H and O–H groups in total. The topological polar surface area (TPSA) is 61.7 Å². The Morgan fingerprint density at radius 1 is 1.31 bits per heavy atom. The number of hydrogen-bond acceptors (Lipinski definition) is 3. The lowest BCUT2D eigenvalue weighted by molar-refractivity contribution is 0.518. The molecule has 0 saturated heterocycles. The van der Waals surface area contributed by atoms with E-state index in [1.54, 1.807) is 6.20 Å². The van der Waals surface area contributed by atoms with Crippen LogP contribution in [0.2, 0.25) is 0 Å². The smallest absolute Gasteiger partial charge is 0.0948 e. The maximum absolute atomic E-state index is 5.54. The molecule has 0 saturated carbocycles. The number of nitrogens with two attached hydrogens (primary N) is 1. The zero-order chi connectivity index (χ0) is 11.2. The van der Waals surface area contributed by atoms with Crippen molar-refractivity contribution in [3.63, 3.8) is 0 Å². The maximum atomic E-state index is 5.54. The quantitative estimate of drug-likeness (QED) is 0.776. The molecule has 0 radical (unpaired) electrons. The van der Waals surface area contributed by atoms with Crippen molar-refractivity contribution in [2.45, 2.75) is 25.9 Å². The van der Waals surface area contributed by atoms with Gasteiger partial charge in [-0.1, -0.05) is 0 Å². The van der Waals surface area contributed by atoms with Crippen LogP contribution < -0.4 is 5.73 Å². The van der Waals surface area contributed by atoms with E-state index in [4.69, 9.17) is 5.73 Å². The average molecular weight is 219 g/mol. The Labute approximate surface area is 94.9 Å². The summed E-state index contributed by atoms with van der Waals surface area (Å²) in [5.41, 5.74) is 6.75. The predicted octanol–water partition coefficient (Wildman–Crippen LogP) is 0.671. The zero-order valence-corrected chi connectivity index (χ0v) is 9.29. The van der Waals surface area contributed by atoms with E-state index in [9.17, 15) is 0 Å². The van der Waals surface area contributed by atoms with Crippen molar-refractivity contribution < 1.29 is 0 Å². The van der Waals surface area contributed by atoms with Crippen LogP contribution in [0.5, 0.6) is 0 Å². The Morgan fingerprint density at radius 2 is 2.25 bits per heavy atom. The average Bonchev–Trinajstić information content (AvgIpc) is 2.91. The summed E-state index contributed by atoms with van der Waals surface area (Å²) >= 11 is 0. The second kappa shape index (κ2) is 5.46. The summed E-state index contributed by atoms with van der Waals surface area (Å²) in [6, 6.07) is 1.94. The molecule has 0 aliphatic heterocycles. The lowest BCUT2D eigenvalue weighted by atomic mass is 10.3. The molecule has 0 aromatic carbocycles. The standard InChI is InChI=1S/C11H17N5/c12-4-3-11-9-13-10-15(11)6-2-8-16-7-1-5-14-16/h1,5,7,9-10H,2-4,6,8,12H2. The van der Waals surface area contributed by atoms with Crippen molar-refractivity contribution in [3.8, 4) is 0 Å². The molecule has 2 rings (SSSR count). The van der Waals surface area contributed by atoms with E-state index >= 15 is 0 Å². The molecule has 5 heteroatoms. The lowest BCUT2D eigenvalue weighted by Gasteiger charge is -2.07. The van der Waals surface area contributed by atoms with Gasteiger partial charge >= 0.3 is 0 Å². The summed E-state index contributed by atoms with van der Waals surface area (Å²) in [7, 11) is 0. The molecule has 0 atom stereocenters. The third kappa shape index (κ3) is 2.70. The molecule has 2 aromatic heterocycles. The number of imidazole rings is 1. The summed E-state index contributed by atoms with van der Waals surface area (Å²) in [5.74, 6) is 0. The number of aryl methyl sites for hydroxylation is 2. The highest BCUT2D eigenvalue weighted by Gasteiger charge is 2.00. The summed E-state index contributed by atoms with van der Waals surface area (Å²) in [4.78, 5) is 4.14. The number of hydrogen-bond donors (Lipinski definition) is 1. The summed E-state index contributed by atoms with van der Waals surface area (Å²) in [5, 5.41) is 4.17. The number of nitrogens with zero attached hydrogens (tertiary/aromatic N) is 4. The Kier molecular flexibility index (Phi) is 3.71. The number of rotatable bonds is 6. The molecule has 5 nitrogen and oxygen atoms in total. The van der Waals surface area contributed by atoms with Crippen molar-refractivity contribution in [3.05, 3.63) is 36.7 Å². The lowest BCUT2D eigenvalue weighted by Crippen LogP contribution is -2.10. The Morgan fingerprint density at radius 3 is 3.00 bits per heavy atom. The fourth-order valence-electron chi connectivity index (χ4n) is 1.74. The van der Waals surface area contributed by atoms with Gasteiger partial charge in [0.2, 0.25) is 0 Å². The summed E-state index contributed by atoms with van der Waals surface area (Å²) in [6.45, 7) is 2.58. The van der Waals surface area contributed by atoms with E-state index in [0.717, 1.165) is 25.9 Å². The van der Waals surface area contributed by atoms with Crippen molar-refractivity contribution >= 4 is 0 Å². The maximum Gasteiger partial charge on any atom is 0.0948 e. The first-order valence-electron chi connectivity index (χ1n) is 5.56. The van der Waals surface area contributed by atoms with Gasteiger partial charge in [0.1, 0.15) is 0 Å². The van der Waals surface area contributed by atoms with Gasteiger partial charge in [0, 0.05) is 43.8 Å². The molecule has 0 unspecified atom stereocenters. The molecule has 0 amide bonds. The first-order valence-corrected chi connectivity index (χ1v) is 5.56. The minimum atomic E-state index is 0.671. The van der Waals surface area contributed by atoms with E-state index in [2.05, 4.69) is 14.6 Å². The molecule has 0 spiro atoms. The van der Waals surface area contributed by atoms with Crippen LogP contribution in [0.4, 0.5) is 0 Å². The van der Waals surface area contributed by atoms with Gasteiger partial charge < -0.3 is 10.3 Å². The summed E-state index contributed by atoms with van der Waals surface area (Å²) < 4.78 is 4.11. The Balaban J connectivity index is 1.82. The molecular formula is C11H17N5. The van der Waals surface area contributed by atoms with Gasteiger partial charge in [-0.25, -0.2) is 4.98 Å². The molecule has 0 fully saturated rings. The van der Waals surface area contributed by atoms with Gasteiger partial charge in [0.25, 0.3) is 0 Å². The minimum Gasteiger partial charge on any atom is -0.334 e. The number of aromatic nitrogens is 4. The van der Waals surface area contributed by atoms with E-state index < -0.39 is 0 Å². The SMILES string of the molecule is NCCc1cncn1CCCn1cccn1. The minimum absolute atomic E-state index is 0.671. The van der Waals surface area contributed by atoms with Crippen LogP contribution in [0.3, 0.4) is 0 Å². The highest BCUT2D eigenvalue weighted by atomic mass is 15.3. The van der Waals surface area contributed by atoms with Gasteiger partial charge in [-0.2, -0.15) is 5.10 Å². The second-order valence-corrected chi connectivity index (χ2v) is 3.74. The van der Waals surface area contributed by atoms with Crippen molar-refractivity contribution in [1.29, 1.82) is 0 Å². The van der Waals surface area contributed by atoms with E-state index in [-0.39, 0.29) is 0 Å². The van der Waals surface area contributed by atoms with Crippen LogP contribution in [0.25, 0.3) is 0 Å². The van der Waals surface area contributed by atoms with Gasteiger partial charge in [-0.05, 0) is 19.0 Å². The van der Waals surface area contributed by atoms with E-state index in [0.29, 0.717) is 6.54 Å². The molecule has 2 heterocycles. The highest BCUT2D eigenvalue weighted by molar-refractivity contribution is 4.98. The monoisotopic (exact) mass is 219 g/mol. The third-order valence-corrected chi connectivity index (χ3v) is 2.54. The molecule has 86 valence electrons. The predicted molar refractivity (Wildman–Crippen MR) is 61.8 cm³/mol. The van der Waals surface area contributed by atoms with Crippen LogP contribution in [0.15, 0.2) is 31.0 Å². The van der Waals surface area contributed by atoms with E-state index in [1.165, 1.54) is 5.69 Å². The van der Waals surface area contributed by atoms with Gasteiger partial charge in [-0.15, -0.1) is 0 Å². The van der Waals surface area contributed by atoms with Gasteiger partial charge in [0.15, 0.2) is 0 Å². The molecule has 16 heavy (non-hydrogen) atoms. The highest BCUT2D eigenvalue weighted by Crippen LogP contribution is 2.02. The Hall–Kier alpha value is -1.62. The Bertz CT molecular complexity index is 404. The fourth-order valence-corrected chi connectivity index (χ4v) is 1.74. The van der Waals surface area contributed by atoms with Crippen LogP contribution in [-0.2, 0) is 19.5 Å². The van der Waals surface area contributed by atoms with E-state index in [1.807, 2.05) is 29.5 Å². The first-order chi connectivity index (χ1) is 7.90. The summed E-state index contributed by atoms with van der Waals surface area (Å²) in [6.07, 6.45) is 9.48. The third-order valence-electron chi connectivity index (χ3n) is 2.54. The van der Waals surface area contributed by atoms with Crippen LogP contribution in [-0.4, -0.2) is 25.9 Å². The van der Waals surface area contributed by atoms with Crippen LogP contribution in [0, 0.1) is 0 Å². The second-order valence-electron chi connectivity index (χ2n) is 3.74. The van der Waals surface area contributed by atoms with Crippen molar-refractivity contribution in [1.82, 2.24) is 19.3 Å².